The van der Waals surface area contributed by atoms with Crippen LogP contribution in [0.4, 0.5) is 0 Å². The summed E-state index contributed by atoms with van der Waals surface area (Å²) in [6.07, 6.45) is 6.03. The number of rotatable bonds is 3. The summed E-state index contributed by atoms with van der Waals surface area (Å²) in [5.41, 5.74) is 5.10. The molecule has 0 aliphatic heterocycles. The Kier molecular flexibility index (Phi) is 3.02. The van der Waals surface area contributed by atoms with Crippen molar-refractivity contribution in [3.8, 4) is 0 Å². The predicted octanol–water partition coefficient (Wildman–Crippen LogP) is 0.987. The maximum absolute atomic E-state index is 11.4. The van der Waals surface area contributed by atoms with Gasteiger partial charge in [-0.05, 0) is 12.8 Å². The third-order valence-electron chi connectivity index (χ3n) is 2.86. The van der Waals surface area contributed by atoms with E-state index in [4.69, 9.17) is 5.73 Å². The van der Waals surface area contributed by atoms with Crippen molar-refractivity contribution in [2.24, 2.45) is 5.73 Å². The predicted molar refractivity (Wildman–Crippen MR) is 59.5 cm³/mol. The number of carbonyl (C=O) groups excluding carboxylic acids is 1. The van der Waals surface area contributed by atoms with Gasteiger partial charge in [0, 0.05) is 11.6 Å². The quantitative estimate of drug-likeness (QED) is 0.806. The lowest BCUT2D eigenvalue weighted by Gasteiger charge is -2.27. The van der Waals surface area contributed by atoms with Gasteiger partial charge in [0.05, 0.1) is 12.1 Å². The van der Waals surface area contributed by atoms with E-state index in [0.29, 0.717) is 0 Å². The van der Waals surface area contributed by atoms with Gasteiger partial charge >= 0.3 is 0 Å². The van der Waals surface area contributed by atoms with Gasteiger partial charge in [0.1, 0.15) is 5.01 Å². The molecular formula is C10H15N3OS. The molecule has 0 spiro atoms. The number of thiazole rings is 1. The summed E-state index contributed by atoms with van der Waals surface area (Å²) in [4.78, 5) is 15.7. The average Bonchev–Trinajstić information content (AvgIpc) is 2.87. The second-order valence-corrected chi connectivity index (χ2v) is 4.77. The molecule has 0 bridgehead atoms. The number of nitrogens with zero attached hydrogens (tertiary/aromatic N) is 1. The minimum absolute atomic E-state index is 0.0487. The SMILES string of the molecule is NCC(=O)NC1(c2nccs2)CCCC1. The summed E-state index contributed by atoms with van der Waals surface area (Å²) >= 11 is 1.60. The van der Waals surface area contributed by atoms with Crippen molar-refractivity contribution in [2.45, 2.75) is 31.2 Å². The van der Waals surface area contributed by atoms with Crippen LogP contribution in [0.15, 0.2) is 11.6 Å². The molecule has 1 amide bonds. The van der Waals surface area contributed by atoms with E-state index in [0.717, 1.165) is 30.7 Å². The molecule has 0 radical (unpaired) electrons. The van der Waals surface area contributed by atoms with Crippen molar-refractivity contribution >= 4 is 17.2 Å². The molecule has 2 rings (SSSR count). The highest BCUT2D eigenvalue weighted by atomic mass is 32.1. The number of hydrogen-bond donors (Lipinski definition) is 2. The van der Waals surface area contributed by atoms with Gasteiger partial charge in [-0.3, -0.25) is 4.79 Å². The lowest BCUT2D eigenvalue weighted by Crippen LogP contribution is -2.46. The summed E-state index contributed by atoms with van der Waals surface area (Å²) in [7, 11) is 0. The number of hydrogen-bond acceptors (Lipinski definition) is 4. The van der Waals surface area contributed by atoms with E-state index >= 15 is 0 Å². The number of nitrogens with one attached hydrogen (secondary N) is 1. The Morgan fingerprint density at radius 2 is 2.33 bits per heavy atom. The van der Waals surface area contributed by atoms with Crippen LogP contribution < -0.4 is 11.1 Å². The topological polar surface area (TPSA) is 68.0 Å². The van der Waals surface area contributed by atoms with Crippen LogP contribution in [-0.4, -0.2) is 17.4 Å². The molecule has 0 aromatic carbocycles. The monoisotopic (exact) mass is 225 g/mol. The first-order valence-corrected chi connectivity index (χ1v) is 6.06. The van der Waals surface area contributed by atoms with E-state index in [1.165, 1.54) is 0 Å². The zero-order chi connectivity index (χ0) is 10.7. The molecule has 1 fully saturated rings. The van der Waals surface area contributed by atoms with Crippen molar-refractivity contribution in [1.29, 1.82) is 0 Å². The largest absolute Gasteiger partial charge is 0.343 e. The zero-order valence-electron chi connectivity index (χ0n) is 8.53. The third kappa shape index (κ3) is 2.03. The fraction of sp³-hybridized carbons (Fsp3) is 0.600. The molecule has 1 aliphatic carbocycles. The van der Waals surface area contributed by atoms with Gasteiger partial charge in [0.25, 0.3) is 0 Å². The first kappa shape index (κ1) is 10.6. The Morgan fingerprint density at radius 1 is 1.60 bits per heavy atom. The molecule has 1 aliphatic rings. The van der Waals surface area contributed by atoms with E-state index in [2.05, 4.69) is 10.3 Å². The Balaban J connectivity index is 2.21. The Hall–Kier alpha value is -0.940. The van der Waals surface area contributed by atoms with E-state index in [9.17, 15) is 4.79 Å². The molecule has 15 heavy (non-hydrogen) atoms. The molecule has 0 atom stereocenters. The molecule has 82 valence electrons. The standard InChI is InChI=1S/C10H15N3OS/c11-7-8(14)13-10(3-1-2-4-10)9-12-5-6-15-9/h5-6H,1-4,7,11H2,(H,13,14). The third-order valence-corrected chi connectivity index (χ3v) is 3.84. The van der Waals surface area contributed by atoms with Crippen LogP contribution in [0, 0.1) is 0 Å². The van der Waals surface area contributed by atoms with Gasteiger partial charge < -0.3 is 11.1 Å². The molecule has 1 aromatic heterocycles. The van der Waals surface area contributed by atoms with Crippen LogP contribution >= 0.6 is 11.3 Å². The van der Waals surface area contributed by atoms with Crippen molar-refractivity contribution < 1.29 is 4.79 Å². The fourth-order valence-electron chi connectivity index (χ4n) is 2.15. The second-order valence-electron chi connectivity index (χ2n) is 3.88. The molecule has 4 nitrogen and oxygen atoms in total. The van der Waals surface area contributed by atoms with Crippen LogP contribution in [0.5, 0.6) is 0 Å². The minimum Gasteiger partial charge on any atom is -0.343 e. The van der Waals surface area contributed by atoms with Crippen molar-refractivity contribution in [3.05, 3.63) is 16.6 Å². The molecular weight excluding hydrogens is 210 g/mol. The molecule has 3 N–H and O–H groups in total. The average molecular weight is 225 g/mol. The van der Waals surface area contributed by atoms with Crippen LogP contribution in [0.1, 0.15) is 30.7 Å². The molecule has 0 saturated heterocycles. The fourth-order valence-corrected chi connectivity index (χ4v) is 3.00. The summed E-state index contributed by atoms with van der Waals surface area (Å²) in [6.45, 7) is 0.0487. The van der Waals surface area contributed by atoms with Crippen molar-refractivity contribution in [3.63, 3.8) is 0 Å². The summed E-state index contributed by atoms with van der Waals surface area (Å²) < 4.78 is 0. The zero-order valence-corrected chi connectivity index (χ0v) is 9.35. The number of aromatic nitrogens is 1. The highest BCUT2D eigenvalue weighted by Crippen LogP contribution is 2.39. The summed E-state index contributed by atoms with van der Waals surface area (Å²) in [5.74, 6) is -0.0906. The highest BCUT2D eigenvalue weighted by Gasteiger charge is 2.38. The van der Waals surface area contributed by atoms with Gasteiger partial charge in [-0.2, -0.15) is 0 Å². The van der Waals surface area contributed by atoms with Gasteiger partial charge in [-0.15, -0.1) is 11.3 Å². The van der Waals surface area contributed by atoms with Crippen LogP contribution in [0.25, 0.3) is 0 Å². The number of carbonyl (C=O) groups is 1. The lowest BCUT2D eigenvalue weighted by molar-refractivity contribution is -0.121. The molecule has 0 unspecified atom stereocenters. The van der Waals surface area contributed by atoms with Crippen LogP contribution in [-0.2, 0) is 10.3 Å². The number of amides is 1. The maximum Gasteiger partial charge on any atom is 0.234 e. The van der Waals surface area contributed by atoms with Crippen molar-refractivity contribution in [1.82, 2.24) is 10.3 Å². The summed E-state index contributed by atoms with van der Waals surface area (Å²) in [5, 5.41) is 5.99. The summed E-state index contributed by atoms with van der Waals surface area (Å²) in [6, 6.07) is 0. The number of nitrogens with two attached hydrogens (primary N) is 1. The molecule has 1 saturated carbocycles. The van der Waals surface area contributed by atoms with E-state index in [1.54, 1.807) is 17.5 Å². The molecule has 5 heteroatoms. The minimum atomic E-state index is -0.232. The maximum atomic E-state index is 11.4. The van der Waals surface area contributed by atoms with Gasteiger partial charge in [0.15, 0.2) is 0 Å². The Bertz CT molecular complexity index is 330. The molecule has 1 aromatic rings. The first-order valence-electron chi connectivity index (χ1n) is 5.18. The smallest absolute Gasteiger partial charge is 0.234 e. The second kappa shape index (κ2) is 4.28. The van der Waals surface area contributed by atoms with Crippen LogP contribution in [0.2, 0.25) is 0 Å². The van der Waals surface area contributed by atoms with Gasteiger partial charge in [-0.1, -0.05) is 12.8 Å². The molecule has 1 heterocycles. The van der Waals surface area contributed by atoms with E-state index in [1.807, 2.05) is 5.38 Å². The lowest BCUT2D eigenvalue weighted by atomic mass is 9.98. The normalized spacial score (nSPS) is 19.0. The van der Waals surface area contributed by atoms with Gasteiger partial charge in [-0.25, -0.2) is 4.98 Å². The van der Waals surface area contributed by atoms with Crippen molar-refractivity contribution in [2.75, 3.05) is 6.54 Å². The highest BCUT2D eigenvalue weighted by molar-refractivity contribution is 7.09. The Morgan fingerprint density at radius 3 is 2.87 bits per heavy atom. The van der Waals surface area contributed by atoms with Crippen LogP contribution in [0.3, 0.4) is 0 Å². The van der Waals surface area contributed by atoms with E-state index in [-0.39, 0.29) is 18.0 Å². The van der Waals surface area contributed by atoms with E-state index < -0.39 is 0 Å². The first-order chi connectivity index (χ1) is 7.27. The van der Waals surface area contributed by atoms with Gasteiger partial charge in [0.2, 0.25) is 5.91 Å². The Labute approximate surface area is 92.9 Å².